The number of anilines is 1. The number of aromatic nitrogens is 2. The topological polar surface area (TPSA) is 50.2 Å². The van der Waals surface area contributed by atoms with Gasteiger partial charge in [0.2, 0.25) is 0 Å². The Morgan fingerprint density at radius 2 is 2.19 bits per heavy atom. The van der Waals surface area contributed by atoms with Crippen molar-refractivity contribution >= 4 is 17.3 Å². The number of fused-ring (bicyclic) bond motifs is 1. The van der Waals surface area contributed by atoms with Crippen LogP contribution in [0.15, 0.2) is 11.0 Å². The van der Waals surface area contributed by atoms with Gasteiger partial charge in [0.25, 0.3) is 5.56 Å². The highest BCUT2D eigenvalue weighted by atomic mass is 35.5. The lowest BCUT2D eigenvalue weighted by atomic mass is 10.1. The van der Waals surface area contributed by atoms with Crippen molar-refractivity contribution in [3.05, 3.63) is 21.6 Å². The molecule has 116 valence electrons. The summed E-state index contributed by atoms with van der Waals surface area (Å²) < 4.78 is 37.5. The Kier molecular flexibility index (Phi) is 3.61. The van der Waals surface area contributed by atoms with E-state index < -0.39 is 18.3 Å². The summed E-state index contributed by atoms with van der Waals surface area (Å²) in [6, 6.07) is 0.224. The molecule has 0 bridgehead atoms. The van der Waals surface area contributed by atoms with Gasteiger partial charge >= 0.3 is 6.18 Å². The summed E-state index contributed by atoms with van der Waals surface area (Å²) in [6.45, 7) is 1.00. The minimum atomic E-state index is -4.50. The Hall–Kier alpha value is -1.28. The normalized spacial score (nSPS) is 25.4. The van der Waals surface area contributed by atoms with Crippen molar-refractivity contribution < 1.29 is 13.2 Å². The molecule has 1 N–H and O–H groups in total. The molecule has 0 spiro atoms. The first-order valence-electron chi connectivity index (χ1n) is 6.66. The van der Waals surface area contributed by atoms with Crippen molar-refractivity contribution in [1.82, 2.24) is 15.1 Å². The second kappa shape index (κ2) is 5.17. The minimum Gasteiger partial charge on any atom is -0.364 e. The highest BCUT2D eigenvalue weighted by molar-refractivity contribution is 6.33. The standard InChI is InChI=1S/C12H14ClF3N4O/c13-10-9(19-2-1-7-3-17-4-8(7)19)5-18-20(11(10)21)6-12(14,15)16/h5,7-8,17H,1-4,6H2/t7-,8+/m0/s1. The summed E-state index contributed by atoms with van der Waals surface area (Å²) in [4.78, 5) is 13.9. The Bertz CT molecular complexity index is 603. The molecule has 3 rings (SSSR count). The molecule has 9 heteroatoms. The van der Waals surface area contributed by atoms with Gasteiger partial charge in [-0.2, -0.15) is 18.3 Å². The van der Waals surface area contributed by atoms with Crippen molar-refractivity contribution in [2.75, 3.05) is 24.5 Å². The second-order valence-electron chi connectivity index (χ2n) is 5.39. The number of rotatable bonds is 2. The molecule has 2 atom stereocenters. The van der Waals surface area contributed by atoms with Gasteiger partial charge in [0, 0.05) is 25.7 Å². The SMILES string of the molecule is O=c1c(Cl)c(N2CC[C@H]3CNC[C@H]32)cnn1CC(F)(F)F. The Balaban J connectivity index is 1.91. The average molecular weight is 323 g/mol. The Morgan fingerprint density at radius 3 is 2.90 bits per heavy atom. The molecule has 3 heterocycles. The molecule has 2 saturated heterocycles. The van der Waals surface area contributed by atoms with Crippen LogP contribution in [0.5, 0.6) is 0 Å². The van der Waals surface area contributed by atoms with E-state index in [0.29, 0.717) is 16.3 Å². The average Bonchev–Trinajstić information content (AvgIpc) is 2.97. The van der Waals surface area contributed by atoms with Gasteiger partial charge < -0.3 is 10.2 Å². The van der Waals surface area contributed by atoms with E-state index in [-0.39, 0.29) is 11.1 Å². The highest BCUT2D eigenvalue weighted by Gasteiger charge is 2.39. The van der Waals surface area contributed by atoms with E-state index in [2.05, 4.69) is 10.4 Å². The van der Waals surface area contributed by atoms with Crippen LogP contribution >= 0.6 is 11.6 Å². The molecule has 5 nitrogen and oxygen atoms in total. The van der Waals surface area contributed by atoms with Crippen LogP contribution in [0.3, 0.4) is 0 Å². The maximum absolute atomic E-state index is 12.4. The fourth-order valence-corrected chi connectivity index (χ4v) is 3.34. The van der Waals surface area contributed by atoms with Crippen LogP contribution in [0.2, 0.25) is 5.02 Å². The maximum Gasteiger partial charge on any atom is 0.408 e. The number of nitrogens with one attached hydrogen (secondary N) is 1. The van der Waals surface area contributed by atoms with Crippen LogP contribution < -0.4 is 15.8 Å². The lowest BCUT2D eigenvalue weighted by Gasteiger charge is -2.26. The molecule has 0 aliphatic carbocycles. The summed E-state index contributed by atoms with van der Waals surface area (Å²) in [5.74, 6) is 0.485. The number of hydrogen-bond acceptors (Lipinski definition) is 4. The van der Waals surface area contributed by atoms with Crippen LogP contribution in [0.25, 0.3) is 0 Å². The van der Waals surface area contributed by atoms with E-state index in [1.165, 1.54) is 6.20 Å². The highest BCUT2D eigenvalue weighted by Crippen LogP contribution is 2.34. The van der Waals surface area contributed by atoms with Crippen LogP contribution in [-0.4, -0.2) is 41.6 Å². The van der Waals surface area contributed by atoms with Gasteiger partial charge in [-0.05, 0) is 12.3 Å². The van der Waals surface area contributed by atoms with E-state index in [1.807, 2.05) is 4.90 Å². The van der Waals surface area contributed by atoms with Crippen molar-refractivity contribution in [2.24, 2.45) is 5.92 Å². The van der Waals surface area contributed by atoms with Crippen LogP contribution in [0.1, 0.15) is 6.42 Å². The fourth-order valence-electron chi connectivity index (χ4n) is 3.09. The second-order valence-corrected chi connectivity index (χ2v) is 5.77. The Morgan fingerprint density at radius 1 is 1.43 bits per heavy atom. The zero-order valence-corrected chi connectivity index (χ0v) is 11.8. The first-order chi connectivity index (χ1) is 9.87. The van der Waals surface area contributed by atoms with Crippen molar-refractivity contribution in [3.8, 4) is 0 Å². The molecule has 2 aliphatic rings. The van der Waals surface area contributed by atoms with Crippen LogP contribution in [-0.2, 0) is 6.54 Å². The molecule has 0 amide bonds. The zero-order chi connectivity index (χ0) is 15.2. The smallest absolute Gasteiger partial charge is 0.364 e. The van der Waals surface area contributed by atoms with E-state index in [9.17, 15) is 18.0 Å². The monoisotopic (exact) mass is 322 g/mol. The van der Waals surface area contributed by atoms with E-state index in [0.717, 1.165) is 26.1 Å². The number of halogens is 4. The molecule has 0 aromatic carbocycles. The number of alkyl halides is 3. The molecule has 0 unspecified atom stereocenters. The molecule has 1 aromatic rings. The van der Waals surface area contributed by atoms with Gasteiger partial charge in [-0.3, -0.25) is 4.79 Å². The molecular formula is C12H14ClF3N4O. The van der Waals surface area contributed by atoms with Gasteiger partial charge in [0.15, 0.2) is 0 Å². The number of hydrogen-bond donors (Lipinski definition) is 1. The quantitative estimate of drug-likeness (QED) is 0.890. The lowest BCUT2D eigenvalue weighted by molar-refractivity contribution is -0.143. The third-order valence-electron chi connectivity index (χ3n) is 4.05. The lowest BCUT2D eigenvalue weighted by Crippen LogP contribution is -2.37. The van der Waals surface area contributed by atoms with Crippen molar-refractivity contribution in [2.45, 2.75) is 25.2 Å². The Labute approximate surface area is 123 Å². The van der Waals surface area contributed by atoms with Gasteiger partial charge in [-0.15, -0.1) is 0 Å². The third kappa shape index (κ3) is 2.74. The van der Waals surface area contributed by atoms with Crippen molar-refractivity contribution in [3.63, 3.8) is 0 Å². The van der Waals surface area contributed by atoms with Gasteiger partial charge in [0.05, 0.1) is 11.9 Å². The maximum atomic E-state index is 12.4. The zero-order valence-electron chi connectivity index (χ0n) is 11.0. The number of nitrogens with zero attached hydrogens (tertiary/aromatic N) is 3. The summed E-state index contributed by atoms with van der Waals surface area (Å²) in [7, 11) is 0. The first-order valence-corrected chi connectivity index (χ1v) is 7.04. The predicted octanol–water partition coefficient (Wildman–Crippen LogP) is 1.26. The molecule has 0 saturated carbocycles. The van der Waals surface area contributed by atoms with Gasteiger partial charge in [-0.1, -0.05) is 11.6 Å². The molecule has 1 aromatic heterocycles. The van der Waals surface area contributed by atoms with E-state index in [1.54, 1.807) is 0 Å². The molecule has 2 aliphatic heterocycles. The molecular weight excluding hydrogens is 309 g/mol. The fraction of sp³-hybridized carbons (Fsp3) is 0.667. The largest absolute Gasteiger partial charge is 0.408 e. The predicted molar refractivity (Wildman–Crippen MR) is 71.7 cm³/mol. The summed E-state index contributed by atoms with van der Waals surface area (Å²) >= 11 is 5.99. The van der Waals surface area contributed by atoms with Crippen LogP contribution in [0.4, 0.5) is 18.9 Å². The van der Waals surface area contributed by atoms with Crippen LogP contribution in [0, 0.1) is 5.92 Å². The van der Waals surface area contributed by atoms with E-state index in [4.69, 9.17) is 11.6 Å². The summed E-state index contributed by atoms with van der Waals surface area (Å²) in [6.07, 6.45) is -2.27. The van der Waals surface area contributed by atoms with E-state index >= 15 is 0 Å². The van der Waals surface area contributed by atoms with Gasteiger partial charge in [-0.25, -0.2) is 4.68 Å². The molecule has 0 radical (unpaired) electrons. The molecule has 2 fully saturated rings. The third-order valence-corrected chi connectivity index (χ3v) is 4.41. The summed E-state index contributed by atoms with van der Waals surface area (Å²) in [5.41, 5.74) is -0.475. The molecule has 21 heavy (non-hydrogen) atoms. The summed E-state index contributed by atoms with van der Waals surface area (Å²) in [5, 5.41) is 6.69. The van der Waals surface area contributed by atoms with Gasteiger partial charge in [0.1, 0.15) is 11.6 Å². The first kappa shape index (κ1) is 14.6. The van der Waals surface area contributed by atoms with Crippen molar-refractivity contribution in [1.29, 1.82) is 0 Å². The minimum absolute atomic E-state index is 0.193.